The molecule has 0 saturated carbocycles. The molecule has 0 fully saturated rings. The number of nitrogens with zero attached hydrogens (tertiary/aromatic N) is 1. The Morgan fingerprint density at radius 1 is 1.37 bits per heavy atom. The summed E-state index contributed by atoms with van der Waals surface area (Å²) in [5, 5.41) is 0.832. The maximum absolute atomic E-state index is 11.9. The fourth-order valence-electron chi connectivity index (χ4n) is 1.39. The van der Waals surface area contributed by atoms with Gasteiger partial charge in [-0.25, -0.2) is 13.4 Å². The average Bonchev–Trinajstić information content (AvgIpc) is 2.32. The van der Waals surface area contributed by atoms with E-state index in [9.17, 15) is 13.2 Å². The van der Waals surface area contributed by atoms with Crippen LogP contribution >= 0.6 is 15.9 Å². The summed E-state index contributed by atoms with van der Waals surface area (Å²) in [6.07, 6.45) is 1.56. The molecule has 1 rings (SSSR count). The second-order valence-corrected chi connectivity index (χ2v) is 8.27. The van der Waals surface area contributed by atoms with Crippen LogP contribution in [0.5, 0.6) is 0 Å². The van der Waals surface area contributed by atoms with E-state index in [1.54, 1.807) is 26.1 Å². The first kappa shape index (κ1) is 16.1. The van der Waals surface area contributed by atoms with Crippen molar-refractivity contribution in [1.29, 1.82) is 0 Å². The van der Waals surface area contributed by atoms with E-state index >= 15 is 0 Å². The van der Waals surface area contributed by atoms with Crippen LogP contribution in [-0.2, 0) is 14.6 Å². The van der Waals surface area contributed by atoms with Crippen molar-refractivity contribution in [2.24, 2.45) is 0 Å². The number of rotatable bonds is 4. The van der Waals surface area contributed by atoms with E-state index in [-0.39, 0.29) is 0 Å². The summed E-state index contributed by atoms with van der Waals surface area (Å²) in [5.74, 6) is -0.223. The highest BCUT2D eigenvalue weighted by molar-refractivity contribution is 9.10. The zero-order valence-corrected chi connectivity index (χ0v) is 13.7. The predicted molar refractivity (Wildman–Crippen MR) is 78.8 cm³/mol. The molecule has 0 aromatic carbocycles. The monoisotopic (exact) mass is 348 g/mol. The van der Waals surface area contributed by atoms with Gasteiger partial charge in [0, 0.05) is 10.7 Å². The van der Waals surface area contributed by atoms with Crippen molar-refractivity contribution in [3.63, 3.8) is 0 Å². The summed E-state index contributed by atoms with van der Waals surface area (Å²) in [7, 11) is -3.46. The zero-order chi connectivity index (χ0) is 14.8. The number of aryl methyl sites for hydroxylation is 1. The summed E-state index contributed by atoms with van der Waals surface area (Å²) >= 11 is 3.30. The maximum Gasteiger partial charge on any atom is 0.243 e. The van der Waals surface area contributed by atoms with Gasteiger partial charge in [-0.05, 0) is 55.3 Å². The fourth-order valence-corrected chi connectivity index (χ4v) is 2.78. The van der Waals surface area contributed by atoms with Gasteiger partial charge in [0.2, 0.25) is 5.91 Å². The standard InChI is InChI=1S/C12H17BrN2O3S/c1-7(2)19(17,18)9(4)12(16)15-11-5-8(3)10(13)6-14-11/h5-7,9H,1-4H3,(H,14,15,16)/t9-/m0/s1. The van der Waals surface area contributed by atoms with Gasteiger partial charge in [-0.1, -0.05) is 0 Å². The van der Waals surface area contributed by atoms with Crippen LogP contribution in [0.1, 0.15) is 26.3 Å². The molecule has 0 aliphatic rings. The van der Waals surface area contributed by atoms with Crippen molar-refractivity contribution in [3.05, 3.63) is 22.3 Å². The number of halogens is 1. The summed E-state index contributed by atoms with van der Waals surface area (Å²) in [6.45, 7) is 6.36. The van der Waals surface area contributed by atoms with Crippen LogP contribution in [0.15, 0.2) is 16.7 Å². The van der Waals surface area contributed by atoms with Crippen molar-refractivity contribution >= 4 is 37.5 Å². The molecule has 0 saturated heterocycles. The molecule has 1 N–H and O–H groups in total. The van der Waals surface area contributed by atoms with Crippen molar-refractivity contribution in [2.75, 3.05) is 5.32 Å². The zero-order valence-electron chi connectivity index (χ0n) is 11.3. The Kier molecular flexibility index (Phi) is 5.09. The minimum absolute atomic E-state index is 0.344. The lowest BCUT2D eigenvalue weighted by Gasteiger charge is -2.15. The minimum Gasteiger partial charge on any atom is -0.310 e. The van der Waals surface area contributed by atoms with E-state index < -0.39 is 26.2 Å². The second kappa shape index (κ2) is 6.00. The van der Waals surface area contributed by atoms with Gasteiger partial charge in [0.15, 0.2) is 9.84 Å². The molecule has 0 aliphatic carbocycles. The molecule has 0 spiro atoms. The number of amides is 1. The SMILES string of the molecule is Cc1cc(NC(=O)[C@H](C)S(=O)(=O)C(C)C)ncc1Br. The van der Waals surface area contributed by atoms with Crippen molar-refractivity contribution in [3.8, 4) is 0 Å². The van der Waals surface area contributed by atoms with Crippen LogP contribution < -0.4 is 5.32 Å². The van der Waals surface area contributed by atoms with Gasteiger partial charge in [-0.15, -0.1) is 0 Å². The van der Waals surface area contributed by atoms with E-state index in [0.29, 0.717) is 5.82 Å². The predicted octanol–water partition coefficient (Wildman–Crippen LogP) is 2.30. The highest BCUT2D eigenvalue weighted by Gasteiger charge is 2.30. The van der Waals surface area contributed by atoms with Crippen LogP contribution in [0.2, 0.25) is 0 Å². The molecule has 5 nitrogen and oxygen atoms in total. The lowest BCUT2D eigenvalue weighted by atomic mass is 10.3. The summed E-state index contributed by atoms with van der Waals surface area (Å²) in [5.41, 5.74) is 0.907. The first-order valence-corrected chi connectivity index (χ1v) is 8.22. The summed E-state index contributed by atoms with van der Waals surface area (Å²) in [4.78, 5) is 15.9. The number of sulfone groups is 1. The van der Waals surface area contributed by atoms with E-state index in [1.807, 2.05) is 6.92 Å². The lowest BCUT2D eigenvalue weighted by molar-refractivity contribution is -0.115. The number of aromatic nitrogens is 1. The third-order valence-corrected chi connectivity index (χ3v) is 6.16. The Labute approximate surface area is 121 Å². The quantitative estimate of drug-likeness (QED) is 0.905. The molecule has 7 heteroatoms. The average molecular weight is 349 g/mol. The smallest absolute Gasteiger partial charge is 0.243 e. The molecule has 0 radical (unpaired) electrons. The van der Waals surface area contributed by atoms with Crippen molar-refractivity contribution in [1.82, 2.24) is 4.98 Å². The molecule has 0 aliphatic heterocycles. The Bertz CT molecular complexity index is 585. The first-order chi connectivity index (χ1) is 8.66. The number of nitrogens with one attached hydrogen (secondary N) is 1. The van der Waals surface area contributed by atoms with Gasteiger partial charge in [0.1, 0.15) is 11.1 Å². The molecular weight excluding hydrogens is 332 g/mol. The normalized spacial score (nSPS) is 13.4. The van der Waals surface area contributed by atoms with E-state index in [4.69, 9.17) is 0 Å². The lowest BCUT2D eigenvalue weighted by Crippen LogP contribution is -2.36. The third-order valence-electron chi connectivity index (χ3n) is 2.82. The van der Waals surface area contributed by atoms with Crippen LogP contribution in [0, 0.1) is 6.92 Å². The molecule has 0 bridgehead atoms. The fraction of sp³-hybridized carbons (Fsp3) is 0.500. The van der Waals surface area contributed by atoms with Gasteiger partial charge in [0.25, 0.3) is 0 Å². The molecule has 1 heterocycles. The Morgan fingerprint density at radius 2 is 1.95 bits per heavy atom. The van der Waals surface area contributed by atoms with Crippen LogP contribution in [0.25, 0.3) is 0 Å². The van der Waals surface area contributed by atoms with Crippen LogP contribution in [0.4, 0.5) is 5.82 Å². The van der Waals surface area contributed by atoms with Gasteiger partial charge in [-0.3, -0.25) is 4.79 Å². The molecule has 106 valence electrons. The second-order valence-electron chi connectivity index (χ2n) is 4.59. The molecule has 1 aromatic heterocycles. The van der Waals surface area contributed by atoms with Gasteiger partial charge >= 0.3 is 0 Å². The Morgan fingerprint density at radius 3 is 2.42 bits per heavy atom. The summed E-state index contributed by atoms with van der Waals surface area (Å²) < 4.78 is 24.6. The molecule has 1 aromatic rings. The number of carbonyl (C=O) groups excluding carboxylic acids is 1. The maximum atomic E-state index is 11.9. The molecule has 19 heavy (non-hydrogen) atoms. The number of anilines is 1. The van der Waals surface area contributed by atoms with E-state index in [0.717, 1.165) is 10.0 Å². The minimum atomic E-state index is -3.46. The number of carbonyl (C=O) groups is 1. The van der Waals surface area contributed by atoms with Crippen LogP contribution in [0.3, 0.4) is 0 Å². The molecular formula is C12H17BrN2O3S. The van der Waals surface area contributed by atoms with Gasteiger partial charge in [-0.2, -0.15) is 0 Å². The van der Waals surface area contributed by atoms with Crippen molar-refractivity contribution in [2.45, 2.75) is 38.2 Å². The largest absolute Gasteiger partial charge is 0.310 e. The van der Waals surface area contributed by atoms with Gasteiger partial charge < -0.3 is 5.32 Å². The number of hydrogen-bond acceptors (Lipinski definition) is 4. The first-order valence-electron chi connectivity index (χ1n) is 5.82. The summed E-state index contributed by atoms with van der Waals surface area (Å²) in [6, 6.07) is 1.68. The van der Waals surface area contributed by atoms with Crippen molar-refractivity contribution < 1.29 is 13.2 Å². The molecule has 1 atom stereocenters. The number of hydrogen-bond donors (Lipinski definition) is 1. The molecule has 1 amide bonds. The third kappa shape index (κ3) is 3.76. The topological polar surface area (TPSA) is 76.1 Å². The highest BCUT2D eigenvalue weighted by Crippen LogP contribution is 2.18. The van der Waals surface area contributed by atoms with Crippen LogP contribution in [-0.4, -0.2) is 29.8 Å². The van der Waals surface area contributed by atoms with E-state index in [1.165, 1.54) is 6.92 Å². The molecule has 0 unspecified atom stereocenters. The Hall–Kier alpha value is -0.950. The Balaban J connectivity index is 2.88. The van der Waals surface area contributed by atoms with Gasteiger partial charge in [0.05, 0.1) is 5.25 Å². The van der Waals surface area contributed by atoms with E-state index in [2.05, 4.69) is 26.2 Å². The number of pyridine rings is 1. The highest BCUT2D eigenvalue weighted by atomic mass is 79.9.